The molecule has 0 heterocycles. The summed E-state index contributed by atoms with van der Waals surface area (Å²) in [5, 5.41) is 18.4. The van der Waals surface area contributed by atoms with E-state index in [4.69, 9.17) is 12.8 Å². The number of aliphatic hydroxyl groups is 2. The minimum Gasteiger partial charge on any atom is -0.377 e. The molecule has 0 aromatic rings. The summed E-state index contributed by atoms with van der Waals surface area (Å²) in [6.07, 6.45) is 43.3. The lowest BCUT2D eigenvalue weighted by Crippen LogP contribution is -1.94. The van der Waals surface area contributed by atoms with Gasteiger partial charge in [0, 0.05) is 0 Å². The Morgan fingerprint density at radius 1 is 0.655 bits per heavy atom. The molecule has 1 aliphatic rings. The standard InChI is InChI=1S/C27H26O2/c1-3-26(28)21-13-8-6-5-7-11-17-24-19-15-16-20-25(23-24)18-12-9-10-14-22-27(29)4-2/h1-2,5-22,26-29H,23H2/b7-5+,8-6+,10-9+,17-11+,18-12+,21-13+,22-14+. The smallest absolute Gasteiger partial charge is 0.133 e. The quantitative estimate of drug-likeness (QED) is 0.449. The molecule has 0 spiro atoms. The van der Waals surface area contributed by atoms with Crippen molar-refractivity contribution in [1.29, 1.82) is 0 Å². The number of rotatable bonds is 9. The van der Waals surface area contributed by atoms with E-state index in [9.17, 15) is 10.2 Å². The van der Waals surface area contributed by atoms with Gasteiger partial charge in [0.05, 0.1) is 0 Å². The first-order chi connectivity index (χ1) is 14.2. The number of aliphatic hydroxyl groups excluding tert-OH is 2. The van der Waals surface area contributed by atoms with Crippen LogP contribution >= 0.6 is 0 Å². The Labute approximate surface area is 174 Å². The minimum atomic E-state index is -0.847. The molecule has 0 aliphatic heterocycles. The Bertz CT molecular complexity index is 882. The van der Waals surface area contributed by atoms with Crippen molar-refractivity contribution in [3.63, 3.8) is 0 Å². The third-order valence-electron chi connectivity index (χ3n) is 3.58. The highest BCUT2D eigenvalue weighted by Crippen LogP contribution is 2.17. The van der Waals surface area contributed by atoms with Crippen molar-refractivity contribution in [3.05, 3.63) is 121 Å². The summed E-state index contributed by atoms with van der Waals surface area (Å²) in [5.74, 6) is 4.43. The molecule has 146 valence electrons. The molecule has 2 unspecified atom stereocenters. The third-order valence-corrected chi connectivity index (χ3v) is 3.58. The van der Waals surface area contributed by atoms with Crippen LogP contribution in [0.1, 0.15) is 6.42 Å². The zero-order valence-electron chi connectivity index (χ0n) is 16.3. The fourth-order valence-electron chi connectivity index (χ4n) is 2.13. The molecule has 0 fully saturated rings. The fraction of sp³-hybridized carbons (Fsp3) is 0.111. The lowest BCUT2D eigenvalue weighted by Gasteiger charge is -2.00. The SMILES string of the molecule is C#CC(O)/C=C/C=C/C=C/C=C/C1=CC=CC=C(/C=C/C=C/C=C/C(O)C#C)C1. The summed E-state index contributed by atoms with van der Waals surface area (Å²) in [7, 11) is 0. The normalized spacial score (nSPS) is 17.5. The first-order valence-electron chi connectivity index (χ1n) is 9.20. The van der Waals surface area contributed by atoms with Crippen LogP contribution in [0, 0.1) is 24.7 Å². The second-order valence-corrected chi connectivity index (χ2v) is 5.91. The van der Waals surface area contributed by atoms with Gasteiger partial charge in [-0.2, -0.15) is 0 Å². The van der Waals surface area contributed by atoms with E-state index in [0.717, 1.165) is 6.42 Å². The lowest BCUT2D eigenvalue weighted by atomic mass is 10.0. The first-order valence-corrected chi connectivity index (χ1v) is 9.20. The highest BCUT2D eigenvalue weighted by molar-refractivity contribution is 5.40. The summed E-state index contributed by atoms with van der Waals surface area (Å²) >= 11 is 0. The van der Waals surface area contributed by atoms with Crippen molar-refractivity contribution in [2.45, 2.75) is 18.6 Å². The molecule has 0 aromatic heterocycles. The van der Waals surface area contributed by atoms with Gasteiger partial charge in [-0.05, 0) is 29.7 Å². The molecule has 1 rings (SSSR count). The molecule has 0 amide bonds. The molecule has 2 atom stereocenters. The molecule has 1 aliphatic carbocycles. The van der Waals surface area contributed by atoms with Gasteiger partial charge in [0.25, 0.3) is 0 Å². The Morgan fingerprint density at radius 3 is 1.45 bits per heavy atom. The van der Waals surface area contributed by atoms with Gasteiger partial charge in [-0.15, -0.1) is 12.8 Å². The average Bonchev–Trinajstić information content (AvgIpc) is 2.97. The topological polar surface area (TPSA) is 40.5 Å². The molecule has 2 nitrogen and oxygen atoms in total. The molecule has 0 saturated carbocycles. The predicted molar refractivity (Wildman–Crippen MR) is 124 cm³/mol. The fourth-order valence-corrected chi connectivity index (χ4v) is 2.13. The van der Waals surface area contributed by atoms with Crippen molar-refractivity contribution in [2.24, 2.45) is 0 Å². The number of terminal acetylenes is 2. The molecule has 0 bridgehead atoms. The summed E-state index contributed by atoms with van der Waals surface area (Å²) in [5.41, 5.74) is 2.38. The minimum absolute atomic E-state index is 0.829. The highest BCUT2D eigenvalue weighted by Gasteiger charge is 1.97. The van der Waals surface area contributed by atoms with E-state index in [0.29, 0.717) is 0 Å². The van der Waals surface area contributed by atoms with Crippen LogP contribution in [0.2, 0.25) is 0 Å². The summed E-state index contributed by atoms with van der Waals surface area (Å²) < 4.78 is 0. The van der Waals surface area contributed by atoms with Gasteiger partial charge >= 0.3 is 0 Å². The van der Waals surface area contributed by atoms with Crippen LogP contribution in [-0.2, 0) is 0 Å². The van der Waals surface area contributed by atoms with Crippen LogP contribution in [0.4, 0.5) is 0 Å². The van der Waals surface area contributed by atoms with Gasteiger partial charge in [0.1, 0.15) is 12.2 Å². The number of hydrogen-bond donors (Lipinski definition) is 2. The molecule has 0 aromatic carbocycles. The van der Waals surface area contributed by atoms with Gasteiger partial charge in [-0.25, -0.2) is 0 Å². The Balaban J connectivity index is 2.51. The van der Waals surface area contributed by atoms with Crippen molar-refractivity contribution >= 4 is 0 Å². The molecular weight excluding hydrogens is 356 g/mol. The van der Waals surface area contributed by atoms with E-state index in [-0.39, 0.29) is 0 Å². The Hall–Kier alpha value is -3.56. The van der Waals surface area contributed by atoms with Gasteiger partial charge in [-0.1, -0.05) is 109 Å². The summed E-state index contributed by atoms with van der Waals surface area (Å²) in [4.78, 5) is 0. The van der Waals surface area contributed by atoms with Gasteiger partial charge in [0.15, 0.2) is 0 Å². The van der Waals surface area contributed by atoms with Crippen LogP contribution in [0.15, 0.2) is 121 Å². The third kappa shape index (κ3) is 12.5. The van der Waals surface area contributed by atoms with Crippen LogP contribution in [0.25, 0.3) is 0 Å². The largest absolute Gasteiger partial charge is 0.377 e. The predicted octanol–water partition coefficient (Wildman–Crippen LogP) is 4.68. The van der Waals surface area contributed by atoms with E-state index in [1.165, 1.54) is 17.2 Å². The van der Waals surface area contributed by atoms with Crippen molar-refractivity contribution < 1.29 is 10.2 Å². The lowest BCUT2D eigenvalue weighted by molar-refractivity contribution is 0.280. The van der Waals surface area contributed by atoms with Gasteiger partial charge in [-0.3, -0.25) is 0 Å². The monoisotopic (exact) mass is 382 g/mol. The maximum Gasteiger partial charge on any atom is 0.133 e. The van der Waals surface area contributed by atoms with Crippen LogP contribution in [0.5, 0.6) is 0 Å². The molecule has 29 heavy (non-hydrogen) atoms. The second kappa shape index (κ2) is 15.5. The highest BCUT2D eigenvalue weighted by atomic mass is 16.3. The second-order valence-electron chi connectivity index (χ2n) is 5.91. The molecule has 2 heteroatoms. The van der Waals surface area contributed by atoms with Crippen molar-refractivity contribution in [3.8, 4) is 24.7 Å². The van der Waals surface area contributed by atoms with E-state index < -0.39 is 12.2 Å². The maximum absolute atomic E-state index is 9.22. The van der Waals surface area contributed by atoms with Crippen LogP contribution in [-0.4, -0.2) is 22.4 Å². The zero-order valence-corrected chi connectivity index (χ0v) is 16.3. The van der Waals surface area contributed by atoms with E-state index in [1.807, 2.05) is 54.7 Å². The Kier molecular flexibility index (Phi) is 12.5. The zero-order chi connectivity index (χ0) is 21.2. The molecular formula is C27H26O2. The number of hydrogen-bond acceptors (Lipinski definition) is 2. The first kappa shape index (κ1) is 23.5. The van der Waals surface area contributed by atoms with Gasteiger partial charge in [0.2, 0.25) is 0 Å². The summed E-state index contributed by atoms with van der Waals surface area (Å²) in [6, 6.07) is 0. The maximum atomic E-state index is 9.22. The van der Waals surface area contributed by atoms with E-state index in [1.54, 1.807) is 24.3 Å². The number of allylic oxidation sites excluding steroid dienone is 18. The van der Waals surface area contributed by atoms with Crippen LogP contribution in [0.3, 0.4) is 0 Å². The Morgan fingerprint density at radius 2 is 1.03 bits per heavy atom. The van der Waals surface area contributed by atoms with Gasteiger partial charge < -0.3 is 10.2 Å². The molecule has 0 radical (unpaired) electrons. The molecule has 0 saturated heterocycles. The summed E-state index contributed by atoms with van der Waals surface area (Å²) in [6.45, 7) is 0. The molecule has 2 N–H and O–H groups in total. The van der Waals surface area contributed by atoms with E-state index in [2.05, 4.69) is 36.1 Å². The average molecular weight is 383 g/mol. The van der Waals surface area contributed by atoms with E-state index >= 15 is 0 Å². The van der Waals surface area contributed by atoms with Crippen molar-refractivity contribution in [1.82, 2.24) is 0 Å². The van der Waals surface area contributed by atoms with Crippen molar-refractivity contribution in [2.75, 3.05) is 0 Å². The van der Waals surface area contributed by atoms with Crippen LogP contribution < -0.4 is 0 Å².